The van der Waals surface area contributed by atoms with Crippen molar-refractivity contribution in [1.82, 2.24) is 10.9 Å². The highest BCUT2D eigenvalue weighted by Crippen LogP contribution is 2.18. The molecule has 0 aliphatic heterocycles. The Kier molecular flexibility index (Phi) is 7.44. The average Bonchev–Trinajstić information content (AvgIpc) is 2.69. The Bertz CT molecular complexity index is 818. The summed E-state index contributed by atoms with van der Waals surface area (Å²) < 4.78 is 11.2. The molecule has 2 atom stereocenters. The summed E-state index contributed by atoms with van der Waals surface area (Å²) >= 11 is 0. The van der Waals surface area contributed by atoms with Crippen molar-refractivity contribution < 1.29 is 19.1 Å². The van der Waals surface area contributed by atoms with E-state index in [2.05, 4.69) is 17.8 Å². The average molecular weight is 384 g/mol. The molecule has 0 bridgehead atoms. The predicted molar refractivity (Wildman–Crippen MR) is 108 cm³/mol. The van der Waals surface area contributed by atoms with Gasteiger partial charge in [0, 0.05) is 0 Å². The third-order valence-corrected chi connectivity index (χ3v) is 4.48. The topological polar surface area (TPSA) is 76.7 Å². The lowest BCUT2D eigenvalue weighted by molar-refractivity contribution is -0.135. The monoisotopic (exact) mass is 384 g/mol. The maximum absolute atomic E-state index is 12.2. The van der Waals surface area contributed by atoms with Crippen molar-refractivity contribution in [3.63, 3.8) is 0 Å². The lowest BCUT2D eigenvalue weighted by atomic mass is 10.1. The predicted octanol–water partition coefficient (Wildman–Crippen LogP) is 3.25. The molecule has 0 radical (unpaired) electrons. The molecule has 0 spiro atoms. The number of hydrogen-bond donors (Lipinski definition) is 2. The van der Waals surface area contributed by atoms with Gasteiger partial charge >= 0.3 is 0 Å². The van der Waals surface area contributed by atoms with Gasteiger partial charge in [0.1, 0.15) is 11.5 Å². The third kappa shape index (κ3) is 6.01. The molecule has 2 aromatic carbocycles. The van der Waals surface area contributed by atoms with Gasteiger partial charge in [-0.3, -0.25) is 20.4 Å². The van der Waals surface area contributed by atoms with Gasteiger partial charge in [-0.1, -0.05) is 25.1 Å². The van der Waals surface area contributed by atoms with Crippen LogP contribution in [-0.2, 0) is 16.0 Å². The maximum atomic E-state index is 12.2. The van der Waals surface area contributed by atoms with E-state index in [-0.39, 0.29) is 0 Å². The van der Waals surface area contributed by atoms with Gasteiger partial charge in [0.05, 0.1) is 0 Å². The molecule has 0 heterocycles. The van der Waals surface area contributed by atoms with E-state index in [4.69, 9.17) is 9.47 Å². The second-order valence-corrected chi connectivity index (χ2v) is 6.74. The van der Waals surface area contributed by atoms with Crippen molar-refractivity contribution in [2.45, 2.75) is 53.2 Å². The van der Waals surface area contributed by atoms with Crippen molar-refractivity contribution in [2.24, 2.45) is 0 Å². The first kappa shape index (κ1) is 21.3. The van der Waals surface area contributed by atoms with Gasteiger partial charge in [-0.2, -0.15) is 0 Å². The van der Waals surface area contributed by atoms with Crippen molar-refractivity contribution >= 4 is 11.8 Å². The first-order chi connectivity index (χ1) is 13.3. The minimum Gasteiger partial charge on any atom is -0.481 e. The molecule has 0 saturated heterocycles. The first-order valence-electron chi connectivity index (χ1n) is 9.39. The van der Waals surface area contributed by atoms with Crippen LogP contribution in [0.5, 0.6) is 11.5 Å². The number of benzene rings is 2. The SMILES string of the molecule is CCc1ccc(OC(C)C(=O)NNC(=O)C(C)Oc2ccc(C)c(C)c2)cc1. The first-order valence-corrected chi connectivity index (χ1v) is 9.39. The van der Waals surface area contributed by atoms with Crippen molar-refractivity contribution in [3.8, 4) is 11.5 Å². The zero-order valence-electron chi connectivity index (χ0n) is 17.0. The van der Waals surface area contributed by atoms with E-state index in [1.807, 2.05) is 56.3 Å². The molecule has 28 heavy (non-hydrogen) atoms. The molecule has 6 heteroatoms. The number of ether oxygens (including phenoxy) is 2. The quantitative estimate of drug-likeness (QED) is 0.719. The Morgan fingerprint density at radius 2 is 1.32 bits per heavy atom. The number of rotatable bonds is 7. The summed E-state index contributed by atoms with van der Waals surface area (Å²) in [7, 11) is 0. The fourth-order valence-corrected chi connectivity index (χ4v) is 2.43. The van der Waals surface area contributed by atoms with E-state index in [1.165, 1.54) is 5.56 Å². The van der Waals surface area contributed by atoms with E-state index in [0.29, 0.717) is 11.5 Å². The second kappa shape index (κ2) is 9.78. The second-order valence-electron chi connectivity index (χ2n) is 6.74. The molecule has 2 amide bonds. The van der Waals surface area contributed by atoms with Gasteiger partial charge in [-0.05, 0) is 75.1 Å². The number of aryl methyl sites for hydroxylation is 3. The Hall–Kier alpha value is -3.02. The molecule has 2 rings (SSSR count). The number of hydrogen-bond acceptors (Lipinski definition) is 4. The van der Waals surface area contributed by atoms with E-state index >= 15 is 0 Å². The van der Waals surface area contributed by atoms with Crippen LogP contribution in [0.25, 0.3) is 0 Å². The molecule has 6 nitrogen and oxygen atoms in total. The van der Waals surface area contributed by atoms with Crippen LogP contribution in [0.15, 0.2) is 42.5 Å². The van der Waals surface area contributed by atoms with Crippen molar-refractivity contribution in [3.05, 3.63) is 59.2 Å². The molecular formula is C22H28N2O4. The van der Waals surface area contributed by atoms with Gasteiger partial charge in [-0.15, -0.1) is 0 Å². The lowest BCUT2D eigenvalue weighted by Crippen LogP contribution is -2.50. The van der Waals surface area contributed by atoms with Crippen LogP contribution >= 0.6 is 0 Å². The highest BCUT2D eigenvalue weighted by molar-refractivity contribution is 5.86. The largest absolute Gasteiger partial charge is 0.481 e. The number of amides is 2. The number of carbonyl (C=O) groups is 2. The normalized spacial score (nSPS) is 12.6. The highest BCUT2D eigenvalue weighted by atomic mass is 16.5. The number of nitrogens with one attached hydrogen (secondary N) is 2. The molecule has 0 aliphatic rings. The van der Waals surface area contributed by atoms with Crippen LogP contribution in [0.1, 0.15) is 37.5 Å². The van der Waals surface area contributed by atoms with Crippen LogP contribution in [0.2, 0.25) is 0 Å². The third-order valence-electron chi connectivity index (χ3n) is 4.48. The van der Waals surface area contributed by atoms with Gasteiger partial charge in [0.2, 0.25) is 0 Å². The van der Waals surface area contributed by atoms with Crippen LogP contribution in [0, 0.1) is 13.8 Å². The molecule has 2 aromatic rings. The maximum Gasteiger partial charge on any atom is 0.279 e. The summed E-state index contributed by atoms with van der Waals surface area (Å²) in [5.74, 6) is 0.291. The zero-order chi connectivity index (χ0) is 20.7. The van der Waals surface area contributed by atoms with Crippen molar-refractivity contribution in [2.75, 3.05) is 0 Å². The minimum absolute atomic E-state index is 0.453. The fraction of sp³-hybridized carbons (Fsp3) is 0.364. The molecule has 0 fully saturated rings. The Labute approximate surface area is 166 Å². The molecule has 150 valence electrons. The van der Waals surface area contributed by atoms with Crippen LogP contribution in [-0.4, -0.2) is 24.0 Å². The van der Waals surface area contributed by atoms with Crippen LogP contribution in [0.4, 0.5) is 0 Å². The Balaban J connectivity index is 1.81. The van der Waals surface area contributed by atoms with E-state index in [1.54, 1.807) is 13.8 Å². The van der Waals surface area contributed by atoms with E-state index < -0.39 is 24.0 Å². The molecule has 2 N–H and O–H groups in total. The van der Waals surface area contributed by atoms with Gasteiger partial charge in [0.15, 0.2) is 12.2 Å². The summed E-state index contributed by atoms with van der Waals surface area (Å²) in [6.45, 7) is 9.28. The highest BCUT2D eigenvalue weighted by Gasteiger charge is 2.19. The fourth-order valence-electron chi connectivity index (χ4n) is 2.43. The smallest absolute Gasteiger partial charge is 0.279 e. The summed E-state index contributed by atoms with van der Waals surface area (Å²) in [5.41, 5.74) is 8.16. The summed E-state index contributed by atoms with van der Waals surface area (Å²) in [4.78, 5) is 24.3. The minimum atomic E-state index is -0.764. The number of carbonyl (C=O) groups excluding carboxylic acids is 2. The van der Waals surface area contributed by atoms with Gasteiger partial charge in [-0.25, -0.2) is 0 Å². The molecular weight excluding hydrogens is 356 g/mol. The lowest BCUT2D eigenvalue weighted by Gasteiger charge is -2.18. The van der Waals surface area contributed by atoms with E-state index in [9.17, 15) is 9.59 Å². The summed E-state index contributed by atoms with van der Waals surface area (Å²) in [6.07, 6.45) is -0.589. The molecule has 0 saturated carbocycles. The van der Waals surface area contributed by atoms with Gasteiger partial charge < -0.3 is 9.47 Å². The molecule has 0 aromatic heterocycles. The summed E-state index contributed by atoms with van der Waals surface area (Å²) in [6, 6.07) is 13.2. The molecule has 0 aliphatic carbocycles. The van der Waals surface area contributed by atoms with Crippen LogP contribution in [0.3, 0.4) is 0 Å². The van der Waals surface area contributed by atoms with Crippen molar-refractivity contribution in [1.29, 1.82) is 0 Å². The zero-order valence-corrected chi connectivity index (χ0v) is 17.0. The van der Waals surface area contributed by atoms with Crippen LogP contribution < -0.4 is 20.3 Å². The Morgan fingerprint density at radius 1 is 0.821 bits per heavy atom. The standard InChI is InChI=1S/C22H28N2O4/c1-6-18-8-11-19(12-9-18)27-16(4)21(25)23-24-22(26)17(5)28-20-10-7-14(2)15(3)13-20/h7-13,16-17H,6H2,1-5H3,(H,23,25)(H,24,26). The van der Waals surface area contributed by atoms with Gasteiger partial charge in [0.25, 0.3) is 11.8 Å². The summed E-state index contributed by atoms with van der Waals surface area (Å²) in [5, 5.41) is 0. The molecule has 2 unspecified atom stereocenters. The van der Waals surface area contributed by atoms with E-state index in [0.717, 1.165) is 17.5 Å². The Morgan fingerprint density at radius 3 is 1.82 bits per heavy atom. The number of hydrazine groups is 1.